The Kier molecular flexibility index (Phi) is 7.41. The highest BCUT2D eigenvalue weighted by Gasteiger charge is 2.02. The van der Waals surface area contributed by atoms with E-state index in [1.165, 1.54) is 0 Å². The van der Waals surface area contributed by atoms with E-state index in [0.717, 1.165) is 30.7 Å². The van der Waals surface area contributed by atoms with Gasteiger partial charge in [-0.3, -0.25) is 0 Å². The minimum Gasteiger partial charge on any atom is -0.507 e. The zero-order valence-corrected chi connectivity index (χ0v) is 11.2. The average Bonchev–Trinajstić information content (AvgIpc) is 2.37. The van der Waals surface area contributed by atoms with Crippen LogP contribution >= 0.6 is 0 Å². The first kappa shape index (κ1) is 15.0. The number of methoxy groups -OCH3 is 1. The van der Waals surface area contributed by atoms with Gasteiger partial charge >= 0.3 is 0 Å². The van der Waals surface area contributed by atoms with Gasteiger partial charge in [0.15, 0.2) is 0 Å². The minimum absolute atomic E-state index is 0.390. The highest BCUT2D eigenvalue weighted by atomic mass is 16.5. The summed E-state index contributed by atoms with van der Waals surface area (Å²) in [6.07, 6.45) is 0.955. The van der Waals surface area contributed by atoms with Gasteiger partial charge in [0, 0.05) is 25.8 Å². The summed E-state index contributed by atoms with van der Waals surface area (Å²) in [5, 5.41) is 13.1. The van der Waals surface area contributed by atoms with Gasteiger partial charge < -0.3 is 19.9 Å². The van der Waals surface area contributed by atoms with Crippen molar-refractivity contribution in [1.82, 2.24) is 5.32 Å². The predicted octanol–water partition coefficient (Wildman–Crippen LogP) is 1.84. The Balaban J connectivity index is 2.09. The normalized spacial score (nSPS) is 10.8. The van der Waals surface area contributed by atoms with Gasteiger partial charge in [0.2, 0.25) is 0 Å². The van der Waals surface area contributed by atoms with E-state index in [1.54, 1.807) is 7.11 Å². The van der Waals surface area contributed by atoms with Crippen molar-refractivity contribution in [2.75, 3.05) is 33.5 Å². The maximum absolute atomic E-state index is 9.82. The van der Waals surface area contributed by atoms with Gasteiger partial charge in [-0.2, -0.15) is 0 Å². The van der Waals surface area contributed by atoms with Crippen LogP contribution in [-0.4, -0.2) is 38.6 Å². The van der Waals surface area contributed by atoms with E-state index in [9.17, 15) is 5.11 Å². The molecule has 0 saturated heterocycles. The van der Waals surface area contributed by atoms with E-state index in [-0.39, 0.29) is 0 Å². The van der Waals surface area contributed by atoms with Crippen LogP contribution in [0.25, 0.3) is 0 Å². The van der Waals surface area contributed by atoms with Crippen LogP contribution in [0.4, 0.5) is 0 Å². The number of hydrogen-bond donors (Lipinski definition) is 2. The molecule has 0 spiro atoms. The highest BCUT2D eigenvalue weighted by molar-refractivity contribution is 5.39. The molecule has 0 heterocycles. The van der Waals surface area contributed by atoms with Gasteiger partial charge in [-0.1, -0.05) is 18.2 Å². The van der Waals surface area contributed by atoms with Crippen LogP contribution in [0.3, 0.4) is 0 Å². The molecule has 2 N–H and O–H groups in total. The summed E-state index contributed by atoms with van der Waals surface area (Å²) in [5.74, 6) is 0.390. The van der Waals surface area contributed by atoms with E-state index < -0.39 is 0 Å². The first-order valence-corrected chi connectivity index (χ1v) is 6.30. The number of hydrogen-bond acceptors (Lipinski definition) is 4. The summed E-state index contributed by atoms with van der Waals surface area (Å²) in [5.41, 5.74) is 1.85. The molecule has 1 rings (SSSR count). The maximum Gasteiger partial charge on any atom is 0.122 e. The second kappa shape index (κ2) is 8.91. The Labute approximate surface area is 109 Å². The third-order valence-electron chi connectivity index (χ3n) is 2.71. The quantitative estimate of drug-likeness (QED) is 0.659. The molecule has 0 fully saturated rings. The van der Waals surface area contributed by atoms with Crippen molar-refractivity contribution < 1.29 is 14.6 Å². The van der Waals surface area contributed by atoms with Crippen LogP contribution < -0.4 is 5.32 Å². The summed E-state index contributed by atoms with van der Waals surface area (Å²) in [6.45, 7) is 5.49. The van der Waals surface area contributed by atoms with Gasteiger partial charge in [-0.15, -0.1) is 0 Å². The highest BCUT2D eigenvalue weighted by Crippen LogP contribution is 2.20. The van der Waals surface area contributed by atoms with Crippen molar-refractivity contribution in [2.24, 2.45) is 0 Å². The molecule has 0 bridgehead atoms. The fourth-order valence-electron chi connectivity index (χ4n) is 1.63. The molecule has 0 atom stereocenters. The molecule has 0 aliphatic rings. The van der Waals surface area contributed by atoms with Crippen molar-refractivity contribution in [1.29, 1.82) is 0 Å². The third kappa shape index (κ3) is 5.49. The van der Waals surface area contributed by atoms with Gasteiger partial charge in [0.1, 0.15) is 5.75 Å². The molecule has 0 aliphatic carbocycles. The maximum atomic E-state index is 9.82. The molecule has 0 amide bonds. The van der Waals surface area contributed by atoms with Crippen LogP contribution in [-0.2, 0) is 16.0 Å². The first-order valence-electron chi connectivity index (χ1n) is 6.30. The molecule has 0 unspecified atom stereocenters. The molecule has 1 aromatic rings. The molecule has 0 aromatic heterocycles. The van der Waals surface area contributed by atoms with Crippen LogP contribution in [0.1, 0.15) is 17.5 Å². The number of aromatic hydroxyl groups is 1. The fourth-order valence-corrected chi connectivity index (χ4v) is 1.63. The van der Waals surface area contributed by atoms with Crippen LogP contribution in [0.2, 0.25) is 0 Å². The van der Waals surface area contributed by atoms with Gasteiger partial charge in [-0.25, -0.2) is 0 Å². The first-order chi connectivity index (χ1) is 8.75. The van der Waals surface area contributed by atoms with Crippen molar-refractivity contribution in [3.05, 3.63) is 29.3 Å². The van der Waals surface area contributed by atoms with Crippen molar-refractivity contribution in [3.63, 3.8) is 0 Å². The Morgan fingerprint density at radius 3 is 2.83 bits per heavy atom. The molecule has 0 saturated carbocycles. The smallest absolute Gasteiger partial charge is 0.122 e. The van der Waals surface area contributed by atoms with Crippen molar-refractivity contribution >= 4 is 0 Å². The van der Waals surface area contributed by atoms with Gasteiger partial charge in [-0.05, 0) is 25.5 Å². The number of ether oxygens (including phenoxy) is 2. The summed E-state index contributed by atoms with van der Waals surface area (Å²) >= 11 is 0. The number of rotatable bonds is 9. The zero-order chi connectivity index (χ0) is 13.2. The van der Waals surface area contributed by atoms with E-state index in [1.807, 2.05) is 25.1 Å². The molecule has 0 radical (unpaired) electrons. The van der Waals surface area contributed by atoms with Gasteiger partial charge in [0.25, 0.3) is 0 Å². The number of para-hydroxylation sites is 1. The monoisotopic (exact) mass is 253 g/mol. The molecule has 102 valence electrons. The molecule has 1 aromatic carbocycles. The van der Waals surface area contributed by atoms with Gasteiger partial charge in [0.05, 0.1) is 13.2 Å². The summed E-state index contributed by atoms with van der Waals surface area (Å²) in [6, 6.07) is 5.80. The second-order valence-electron chi connectivity index (χ2n) is 4.22. The fraction of sp³-hybridized carbons (Fsp3) is 0.571. The Morgan fingerprint density at radius 1 is 1.22 bits per heavy atom. The Hall–Kier alpha value is -1.10. The lowest BCUT2D eigenvalue weighted by atomic mass is 10.1. The molecule has 18 heavy (non-hydrogen) atoms. The second-order valence-corrected chi connectivity index (χ2v) is 4.22. The third-order valence-corrected chi connectivity index (χ3v) is 2.71. The standard InChI is InChI=1S/C14H23NO3/c1-12-5-3-6-13(14(12)16)11-15-7-4-8-18-10-9-17-2/h3,5-6,15-16H,4,7-11H2,1-2H3. The topological polar surface area (TPSA) is 50.7 Å². The summed E-state index contributed by atoms with van der Waals surface area (Å²) < 4.78 is 10.2. The Morgan fingerprint density at radius 2 is 2.06 bits per heavy atom. The number of benzene rings is 1. The summed E-state index contributed by atoms with van der Waals surface area (Å²) in [4.78, 5) is 0. The number of aryl methyl sites for hydroxylation is 1. The van der Waals surface area contributed by atoms with E-state index in [2.05, 4.69) is 5.32 Å². The largest absolute Gasteiger partial charge is 0.507 e. The lowest BCUT2D eigenvalue weighted by Gasteiger charge is -2.08. The molecular formula is C14H23NO3. The molecule has 0 aliphatic heterocycles. The van der Waals surface area contributed by atoms with E-state index >= 15 is 0 Å². The lowest BCUT2D eigenvalue weighted by molar-refractivity contribution is 0.0695. The molecule has 4 nitrogen and oxygen atoms in total. The average molecular weight is 253 g/mol. The van der Waals surface area contributed by atoms with Crippen LogP contribution in [0, 0.1) is 6.92 Å². The zero-order valence-electron chi connectivity index (χ0n) is 11.2. The van der Waals surface area contributed by atoms with Crippen molar-refractivity contribution in [2.45, 2.75) is 19.9 Å². The number of phenols is 1. The van der Waals surface area contributed by atoms with Crippen molar-refractivity contribution in [3.8, 4) is 5.75 Å². The van der Waals surface area contributed by atoms with E-state index in [0.29, 0.717) is 25.5 Å². The number of phenolic OH excluding ortho intramolecular Hbond substituents is 1. The molecular weight excluding hydrogens is 230 g/mol. The summed E-state index contributed by atoms with van der Waals surface area (Å²) in [7, 11) is 1.67. The number of nitrogens with one attached hydrogen (secondary N) is 1. The minimum atomic E-state index is 0.390. The van der Waals surface area contributed by atoms with Crippen LogP contribution in [0.5, 0.6) is 5.75 Å². The van der Waals surface area contributed by atoms with E-state index in [4.69, 9.17) is 9.47 Å². The molecule has 4 heteroatoms. The lowest BCUT2D eigenvalue weighted by Crippen LogP contribution is -2.17. The SMILES string of the molecule is COCCOCCCNCc1cccc(C)c1O. The van der Waals surface area contributed by atoms with Crippen LogP contribution in [0.15, 0.2) is 18.2 Å². The Bertz CT molecular complexity index is 342. The predicted molar refractivity (Wildman–Crippen MR) is 71.9 cm³/mol.